The van der Waals surface area contributed by atoms with Gasteiger partial charge in [0, 0.05) is 19.2 Å². The molecule has 2 aromatic rings. The summed E-state index contributed by atoms with van der Waals surface area (Å²) in [5.41, 5.74) is 0.618. The Balaban J connectivity index is 1.65. The van der Waals surface area contributed by atoms with E-state index < -0.39 is 0 Å². The summed E-state index contributed by atoms with van der Waals surface area (Å²) in [5, 5.41) is 5.55. The number of hydrogen-bond donors (Lipinski definition) is 2. The topological polar surface area (TPSA) is 79.4 Å². The lowest BCUT2D eigenvalue weighted by Gasteiger charge is -2.27. The summed E-state index contributed by atoms with van der Waals surface area (Å²) in [5.74, 6) is 1.96. The van der Waals surface area contributed by atoms with Crippen molar-refractivity contribution in [3.63, 3.8) is 0 Å². The average Bonchev–Trinajstić information content (AvgIpc) is 2.64. The number of carbonyl (C=O) groups excluding carboxylic acids is 1. The van der Waals surface area contributed by atoms with Gasteiger partial charge in [0.15, 0.2) is 0 Å². The lowest BCUT2D eigenvalue weighted by Crippen LogP contribution is -2.30. The predicted molar refractivity (Wildman–Crippen MR) is 98.3 cm³/mol. The summed E-state index contributed by atoms with van der Waals surface area (Å²) in [4.78, 5) is 22.9. The van der Waals surface area contributed by atoms with E-state index in [9.17, 15) is 4.79 Å². The second-order valence-electron chi connectivity index (χ2n) is 5.82. The summed E-state index contributed by atoms with van der Waals surface area (Å²) in [7, 11) is 0. The van der Waals surface area contributed by atoms with Gasteiger partial charge in [0.2, 0.25) is 0 Å². The van der Waals surface area contributed by atoms with E-state index in [1.54, 1.807) is 12.1 Å². The molecule has 2 amide bonds. The molecule has 7 heteroatoms. The van der Waals surface area contributed by atoms with E-state index in [2.05, 4.69) is 25.5 Å². The number of nitrogens with one attached hydrogen (secondary N) is 2. The number of rotatable bonds is 5. The first kappa shape index (κ1) is 17.0. The minimum absolute atomic E-state index is 0.365. The number of nitrogens with zero attached hydrogens (tertiary/aromatic N) is 3. The van der Waals surface area contributed by atoms with Crippen LogP contribution < -0.4 is 20.3 Å². The van der Waals surface area contributed by atoms with Gasteiger partial charge in [-0.3, -0.25) is 5.32 Å². The molecule has 0 atom stereocenters. The van der Waals surface area contributed by atoms with Crippen molar-refractivity contribution in [2.45, 2.75) is 26.2 Å². The molecule has 0 radical (unpaired) electrons. The zero-order chi connectivity index (χ0) is 17.5. The Morgan fingerprint density at radius 1 is 1.16 bits per heavy atom. The second kappa shape index (κ2) is 8.32. The van der Waals surface area contributed by atoms with E-state index in [-0.39, 0.29) is 6.03 Å². The minimum atomic E-state index is -0.365. The van der Waals surface area contributed by atoms with Crippen LogP contribution in [0.4, 0.5) is 22.1 Å². The number of carbonyl (C=O) groups is 1. The quantitative estimate of drug-likeness (QED) is 0.870. The summed E-state index contributed by atoms with van der Waals surface area (Å²) >= 11 is 0. The van der Waals surface area contributed by atoms with E-state index in [4.69, 9.17) is 4.74 Å². The Morgan fingerprint density at radius 2 is 1.96 bits per heavy atom. The maximum atomic E-state index is 12.3. The van der Waals surface area contributed by atoms with E-state index >= 15 is 0 Å². The van der Waals surface area contributed by atoms with Gasteiger partial charge >= 0.3 is 6.03 Å². The van der Waals surface area contributed by atoms with Gasteiger partial charge in [0.05, 0.1) is 12.3 Å². The third kappa shape index (κ3) is 4.59. The maximum Gasteiger partial charge on any atom is 0.324 e. The van der Waals surface area contributed by atoms with Gasteiger partial charge in [-0.25, -0.2) is 14.8 Å². The largest absolute Gasteiger partial charge is 0.492 e. The number of ether oxygens (including phenoxy) is 1. The van der Waals surface area contributed by atoms with Gasteiger partial charge in [-0.05, 0) is 38.3 Å². The van der Waals surface area contributed by atoms with Crippen molar-refractivity contribution in [3.05, 3.63) is 36.7 Å². The Hall–Kier alpha value is -2.83. The highest BCUT2D eigenvalue weighted by molar-refractivity contribution is 6.00. The molecule has 132 valence electrons. The highest BCUT2D eigenvalue weighted by Gasteiger charge is 2.14. The first-order chi connectivity index (χ1) is 12.3. The van der Waals surface area contributed by atoms with Crippen LogP contribution in [-0.2, 0) is 0 Å². The van der Waals surface area contributed by atoms with E-state index in [0.29, 0.717) is 23.9 Å². The summed E-state index contributed by atoms with van der Waals surface area (Å²) in [6.07, 6.45) is 5.07. The third-order valence-corrected chi connectivity index (χ3v) is 4.01. The monoisotopic (exact) mass is 341 g/mol. The smallest absolute Gasteiger partial charge is 0.324 e. The summed E-state index contributed by atoms with van der Waals surface area (Å²) in [6, 6.07) is 8.76. The van der Waals surface area contributed by atoms with Gasteiger partial charge in [0.1, 0.15) is 23.7 Å². The number of aromatic nitrogens is 2. The standard InChI is InChI=1S/C18H23N5O2/c1-2-25-15-9-5-4-8-14(15)21-18(24)22-16-12-17(20-13-19-16)23-10-6-3-7-11-23/h4-5,8-9,12-13H,2-3,6-7,10-11H2,1H3,(H2,19,20,21,22,24). The Kier molecular flexibility index (Phi) is 5.66. The van der Waals surface area contributed by atoms with Crippen LogP contribution in [0.3, 0.4) is 0 Å². The zero-order valence-electron chi connectivity index (χ0n) is 14.4. The van der Waals surface area contributed by atoms with Crippen molar-refractivity contribution < 1.29 is 9.53 Å². The van der Waals surface area contributed by atoms with Crippen molar-refractivity contribution in [1.82, 2.24) is 9.97 Å². The molecule has 1 aromatic carbocycles. The summed E-state index contributed by atoms with van der Waals surface area (Å²) < 4.78 is 5.51. The molecule has 0 saturated carbocycles. The molecule has 0 aliphatic carbocycles. The average molecular weight is 341 g/mol. The van der Waals surface area contributed by atoms with Crippen LogP contribution in [0.1, 0.15) is 26.2 Å². The van der Waals surface area contributed by atoms with Gasteiger partial charge in [-0.15, -0.1) is 0 Å². The second-order valence-corrected chi connectivity index (χ2v) is 5.82. The van der Waals surface area contributed by atoms with Gasteiger partial charge < -0.3 is 15.0 Å². The third-order valence-electron chi connectivity index (χ3n) is 4.01. The fraction of sp³-hybridized carbons (Fsp3) is 0.389. The molecule has 0 spiro atoms. The fourth-order valence-electron chi connectivity index (χ4n) is 2.83. The first-order valence-corrected chi connectivity index (χ1v) is 8.63. The summed E-state index contributed by atoms with van der Waals surface area (Å²) in [6.45, 7) is 4.42. The Bertz CT molecular complexity index is 716. The van der Waals surface area contributed by atoms with Crippen LogP contribution in [0.5, 0.6) is 5.75 Å². The molecule has 1 aliphatic rings. The van der Waals surface area contributed by atoms with Crippen molar-refractivity contribution in [2.75, 3.05) is 35.2 Å². The molecule has 2 heterocycles. The van der Waals surface area contributed by atoms with Crippen molar-refractivity contribution in [1.29, 1.82) is 0 Å². The molecule has 1 fully saturated rings. The first-order valence-electron chi connectivity index (χ1n) is 8.63. The number of piperidine rings is 1. The molecule has 0 unspecified atom stereocenters. The maximum absolute atomic E-state index is 12.3. The van der Waals surface area contributed by atoms with Crippen LogP contribution in [0, 0.1) is 0 Å². The molecule has 0 bridgehead atoms. The molecular formula is C18H23N5O2. The zero-order valence-corrected chi connectivity index (χ0v) is 14.4. The van der Waals surface area contributed by atoms with Crippen LogP contribution >= 0.6 is 0 Å². The molecule has 1 aromatic heterocycles. The number of para-hydroxylation sites is 2. The lowest BCUT2D eigenvalue weighted by molar-refractivity contribution is 0.262. The molecular weight excluding hydrogens is 318 g/mol. The van der Waals surface area contributed by atoms with Gasteiger partial charge in [0.25, 0.3) is 0 Å². The predicted octanol–water partition coefficient (Wildman–Crippen LogP) is 3.51. The highest BCUT2D eigenvalue weighted by atomic mass is 16.5. The lowest BCUT2D eigenvalue weighted by atomic mass is 10.1. The normalized spacial score (nSPS) is 14.0. The van der Waals surface area contributed by atoms with Gasteiger partial charge in [-0.1, -0.05) is 12.1 Å². The highest BCUT2D eigenvalue weighted by Crippen LogP contribution is 2.24. The molecule has 3 rings (SSSR count). The number of anilines is 3. The molecule has 25 heavy (non-hydrogen) atoms. The van der Waals surface area contributed by atoms with E-state index in [0.717, 1.165) is 18.9 Å². The number of hydrogen-bond acceptors (Lipinski definition) is 5. The van der Waals surface area contributed by atoms with Crippen molar-refractivity contribution in [3.8, 4) is 5.75 Å². The fourth-order valence-corrected chi connectivity index (χ4v) is 2.83. The molecule has 1 aliphatic heterocycles. The molecule has 2 N–H and O–H groups in total. The Labute approximate surface area is 147 Å². The van der Waals surface area contributed by atoms with E-state index in [1.165, 1.54) is 25.6 Å². The number of urea groups is 1. The number of benzene rings is 1. The SMILES string of the molecule is CCOc1ccccc1NC(=O)Nc1cc(N2CCCCC2)ncn1. The van der Waals surface area contributed by atoms with Crippen LogP contribution in [-0.4, -0.2) is 35.7 Å². The number of amides is 2. The molecule has 7 nitrogen and oxygen atoms in total. The van der Waals surface area contributed by atoms with Crippen molar-refractivity contribution in [2.24, 2.45) is 0 Å². The Morgan fingerprint density at radius 3 is 2.76 bits per heavy atom. The van der Waals surface area contributed by atoms with Crippen LogP contribution in [0.2, 0.25) is 0 Å². The van der Waals surface area contributed by atoms with Crippen LogP contribution in [0.15, 0.2) is 36.7 Å². The minimum Gasteiger partial charge on any atom is -0.492 e. The molecule has 1 saturated heterocycles. The van der Waals surface area contributed by atoms with Crippen LogP contribution in [0.25, 0.3) is 0 Å². The van der Waals surface area contributed by atoms with Crippen molar-refractivity contribution >= 4 is 23.4 Å². The van der Waals surface area contributed by atoms with E-state index in [1.807, 2.05) is 25.1 Å². The van der Waals surface area contributed by atoms with Gasteiger partial charge in [-0.2, -0.15) is 0 Å².